The van der Waals surface area contributed by atoms with Crippen LogP contribution in [-0.2, 0) is 10.6 Å². The van der Waals surface area contributed by atoms with Gasteiger partial charge in [0.2, 0.25) is 0 Å². The van der Waals surface area contributed by atoms with E-state index in [-0.39, 0.29) is 23.5 Å². The van der Waals surface area contributed by atoms with E-state index in [1.54, 1.807) is 4.57 Å². The minimum atomic E-state index is -0.861. The first-order valence-electron chi connectivity index (χ1n) is 6.64. The van der Waals surface area contributed by atoms with E-state index in [0.717, 1.165) is 18.9 Å². The van der Waals surface area contributed by atoms with Crippen molar-refractivity contribution in [1.82, 2.24) is 9.55 Å². The van der Waals surface area contributed by atoms with Crippen LogP contribution >= 0.6 is 11.6 Å². The molecule has 2 atom stereocenters. The van der Waals surface area contributed by atoms with Crippen LogP contribution in [-0.4, -0.2) is 22.3 Å². The third-order valence-corrected chi connectivity index (χ3v) is 4.00. The van der Waals surface area contributed by atoms with Crippen molar-refractivity contribution in [3.05, 3.63) is 29.6 Å². The molecule has 0 amide bonds. The van der Waals surface area contributed by atoms with E-state index in [4.69, 9.17) is 16.3 Å². The number of imidazole rings is 1. The Hall–Kier alpha value is -1.20. The molecule has 0 spiro atoms. The summed E-state index contributed by atoms with van der Waals surface area (Å²) in [6, 6.07) is 2.62. The molecule has 0 N–H and O–H groups in total. The van der Waals surface area contributed by atoms with Gasteiger partial charge in [-0.05, 0) is 31.9 Å². The highest BCUT2D eigenvalue weighted by Gasteiger charge is 2.26. The smallest absolute Gasteiger partial charge is 0.184 e. The molecule has 0 aliphatic carbocycles. The van der Waals surface area contributed by atoms with E-state index >= 15 is 0 Å². The lowest BCUT2D eigenvalue weighted by molar-refractivity contribution is 0.00623. The Bertz CT molecular complexity index is 644. The van der Waals surface area contributed by atoms with Crippen molar-refractivity contribution in [3.8, 4) is 0 Å². The molecule has 2 heterocycles. The van der Waals surface area contributed by atoms with Gasteiger partial charge >= 0.3 is 0 Å². The second-order valence-electron chi connectivity index (χ2n) is 5.12. The first-order chi connectivity index (χ1) is 9.61. The van der Waals surface area contributed by atoms with Crippen molar-refractivity contribution in [2.24, 2.45) is 0 Å². The molecule has 1 aromatic carbocycles. The van der Waals surface area contributed by atoms with Crippen molar-refractivity contribution in [2.75, 3.05) is 6.61 Å². The quantitative estimate of drug-likeness (QED) is 0.789. The van der Waals surface area contributed by atoms with Gasteiger partial charge in [0.05, 0.1) is 17.5 Å². The summed E-state index contributed by atoms with van der Waals surface area (Å²) in [5, 5.41) is 0. The fourth-order valence-corrected chi connectivity index (χ4v) is 3.06. The largest absolute Gasteiger partial charge is 0.378 e. The molecule has 6 heteroatoms. The minimum absolute atomic E-state index is 0.0359. The van der Waals surface area contributed by atoms with Crippen LogP contribution in [0.4, 0.5) is 8.78 Å². The maximum atomic E-state index is 14.2. The Morgan fingerprint density at radius 3 is 2.95 bits per heavy atom. The van der Waals surface area contributed by atoms with Gasteiger partial charge in [-0.2, -0.15) is 0 Å². The van der Waals surface area contributed by atoms with Gasteiger partial charge < -0.3 is 9.30 Å². The van der Waals surface area contributed by atoms with Crippen LogP contribution in [0, 0.1) is 11.6 Å². The second kappa shape index (κ2) is 5.30. The Labute approximate surface area is 120 Å². The zero-order valence-corrected chi connectivity index (χ0v) is 11.8. The van der Waals surface area contributed by atoms with Crippen LogP contribution < -0.4 is 0 Å². The summed E-state index contributed by atoms with van der Waals surface area (Å²) in [5.41, 5.74) is 0.651. The lowest BCUT2D eigenvalue weighted by Crippen LogP contribution is -2.26. The van der Waals surface area contributed by atoms with Crippen LogP contribution in [0.5, 0.6) is 0 Å². The van der Waals surface area contributed by atoms with E-state index in [9.17, 15) is 8.78 Å². The lowest BCUT2D eigenvalue weighted by Gasteiger charge is -2.29. The van der Waals surface area contributed by atoms with Gasteiger partial charge in [-0.1, -0.05) is 0 Å². The monoisotopic (exact) mass is 300 g/mol. The number of nitrogens with zero attached hydrogens (tertiary/aromatic N) is 2. The molecule has 0 saturated carbocycles. The van der Waals surface area contributed by atoms with Crippen LogP contribution in [0.1, 0.15) is 31.6 Å². The lowest BCUT2D eigenvalue weighted by atomic mass is 10.0. The fourth-order valence-electron chi connectivity index (χ4n) is 2.87. The summed E-state index contributed by atoms with van der Waals surface area (Å²) in [6.45, 7) is 2.58. The number of rotatable bonds is 2. The van der Waals surface area contributed by atoms with Gasteiger partial charge in [0.25, 0.3) is 0 Å². The fraction of sp³-hybridized carbons (Fsp3) is 0.500. The van der Waals surface area contributed by atoms with E-state index in [1.807, 2.05) is 6.92 Å². The maximum absolute atomic E-state index is 14.2. The van der Waals surface area contributed by atoms with Gasteiger partial charge in [0, 0.05) is 12.6 Å². The molecule has 1 aliphatic rings. The molecule has 1 saturated heterocycles. The molecule has 20 heavy (non-hydrogen) atoms. The van der Waals surface area contributed by atoms with E-state index in [1.165, 1.54) is 6.07 Å². The first-order valence-corrected chi connectivity index (χ1v) is 7.17. The molecule has 0 bridgehead atoms. The summed E-state index contributed by atoms with van der Waals surface area (Å²) in [5.74, 6) is -0.975. The molecule has 0 radical (unpaired) electrons. The summed E-state index contributed by atoms with van der Waals surface area (Å²) in [6.07, 6.45) is 1.58. The van der Waals surface area contributed by atoms with Crippen LogP contribution in [0.25, 0.3) is 11.0 Å². The zero-order valence-electron chi connectivity index (χ0n) is 11.1. The molecule has 3 nitrogen and oxygen atoms in total. The predicted molar refractivity (Wildman–Crippen MR) is 72.9 cm³/mol. The van der Waals surface area contributed by atoms with Crippen LogP contribution in [0.3, 0.4) is 0 Å². The van der Waals surface area contributed by atoms with Crippen molar-refractivity contribution in [1.29, 1.82) is 0 Å². The van der Waals surface area contributed by atoms with Crippen molar-refractivity contribution < 1.29 is 13.5 Å². The van der Waals surface area contributed by atoms with Gasteiger partial charge in [-0.3, -0.25) is 0 Å². The van der Waals surface area contributed by atoms with E-state index in [2.05, 4.69) is 4.98 Å². The van der Waals surface area contributed by atoms with E-state index in [0.29, 0.717) is 17.9 Å². The summed E-state index contributed by atoms with van der Waals surface area (Å²) in [4.78, 5) is 4.32. The predicted octanol–water partition coefficient (Wildman–Crippen LogP) is 3.79. The van der Waals surface area contributed by atoms with Gasteiger partial charge in [-0.15, -0.1) is 11.6 Å². The summed E-state index contributed by atoms with van der Waals surface area (Å²) in [7, 11) is 0. The Balaban J connectivity index is 2.18. The highest BCUT2D eigenvalue weighted by molar-refractivity contribution is 6.16. The molecular formula is C14H15ClF2N2O. The average Bonchev–Trinajstić information content (AvgIpc) is 2.82. The Morgan fingerprint density at radius 2 is 2.25 bits per heavy atom. The standard InChI is InChI=1S/C14H15ClF2N2O/c1-8-6-9(4-5-20-8)19-12(7-15)18-11-3-2-10(16)13(17)14(11)19/h2-3,8-9H,4-7H2,1H3. The molecule has 1 aromatic heterocycles. The number of ether oxygens (including phenoxy) is 1. The van der Waals surface area contributed by atoms with Crippen molar-refractivity contribution in [3.63, 3.8) is 0 Å². The Morgan fingerprint density at radius 1 is 1.45 bits per heavy atom. The summed E-state index contributed by atoms with van der Waals surface area (Å²) >= 11 is 5.92. The van der Waals surface area contributed by atoms with Gasteiger partial charge in [-0.25, -0.2) is 13.8 Å². The number of alkyl halides is 1. The number of halogens is 3. The number of hydrogen-bond donors (Lipinski definition) is 0. The van der Waals surface area contributed by atoms with Gasteiger partial charge in [0.1, 0.15) is 11.3 Å². The maximum Gasteiger partial charge on any atom is 0.184 e. The molecule has 2 aromatic rings. The second-order valence-corrected chi connectivity index (χ2v) is 5.39. The molecule has 1 aliphatic heterocycles. The topological polar surface area (TPSA) is 27.1 Å². The van der Waals surface area contributed by atoms with Crippen LogP contribution in [0.15, 0.2) is 12.1 Å². The number of aromatic nitrogens is 2. The van der Waals surface area contributed by atoms with Crippen LogP contribution in [0.2, 0.25) is 0 Å². The normalized spacial score (nSPS) is 23.4. The third-order valence-electron chi connectivity index (χ3n) is 3.76. The number of hydrogen-bond acceptors (Lipinski definition) is 2. The molecule has 1 fully saturated rings. The molecule has 108 valence electrons. The highest BCUT2D eigenvalue weighted by atomic mass is 35.5. The first kappa shape index (κ1) is 13.8. The highest BCUT2D eigenvalue weighted by Crippen LogP contribution is 2.32. The number of fused-ring (bicyclic) bond motifs is 1. The van der Waals surface area contributed by atoms with E-state index < -0.39 is 11.6 Å². The molecule has 3 rings (SSSR count). The molecule has 2 unspecified atom stereocenters. The summed E-state index contributed by atoms with van der Waals surface area (Å²) < 4.78 is 34.9. The Kier molecular flexibility index (Phi) is 3.65. The SMILES string of the molecule is CC1CC(n2c(CCl)nc3ccc(F)c(F)c32)CCO1. The van der Waals surface area contributed by atoms with Crippen molar-refractivity contribution >= 4 is 22.6 Å². The number of benzene rings is 1. The third kappa shape index (κ3) is 2.19. The zero-order chi connectivity index (χ0) is 14.3. The van der Waals surface area contributed by atoms with Crippen molar-refractivity contribution in [2.45, 2.75) is 37.8 Å². The van der Waals surface area contributed by atoms with Gasteiger partial charge in [0.15, 0.2) is 11.6 Å². The average molecular weight is 301 g/mol. The minimum Gasteiger partial charge on any atom is -0.378 e. The molecular weight excluding hydrogens is 286 g/mol.